The number of nitrogens with one attached hydrogen (secondary N) is 1. The molecule has 118 valence electrons. The summed E-state index contributed by atoms with van der Waals surface area (Å²) in [5.41, 5.74) is 3.22. The van der Waals surface area contributed by atoms with Gasteiger partial charge in [-0.1, -0.05) is 58.4 Å². The zero-order valence-electron chi connectivity index (χ0n) is 14.4. The average molecular weight is 288 g/mol. The molecule has 2 nitrogen and oxygen atoms in total. The van der Waals surface area contributed by atoms with Crippen LogP contribution in [0.4, 0.5) is 0 Å². The van der Waals surface area contributed by atoms with Crippen LogP contribution in [-0.2, 0) is 6.54 Å². The molecule has 0 radical (unpaired) electrons. The SMILES string of the molecule is CCCC1CNC(C(C)(C)C)CN1Cc1ccccc1C. The molecule has 1 aromatic rings. The van der Waals surface area contributed by atoms with E-state index in [0.29, 0.717) is 17.5 Å². The Balaban J connectivity index is 2.12. The van der Waals surface area contributed by atoms with Crippen LogP contribution in [0.5, 0.6) is 0 Å². The Hall–Kier alpha value is -0.860. The first-order valence-corrected chi connectivity index (χ1v) is 8.43. The highest BCUT2D eigenvalue weighted by molar-refractivity contribution is 5.25. The molecule has 2 unspecified atom stereocenters. The molecule has 2 rings (SSSR count). The van der Waals surface area contributed by atoms with E-state index in [0.717, 1.165) is 19.6 Å². The Kier molecular flexibility index (Phi) is 5.45. The third kappa shape index (κ3) is 4.31. The Morgan fingerprint density at radius 2 is 1.95 bits per heavy atom. The van der Waals surface area contributed by atoms with Crippen molar-refractivity contribution in [1.29, 1.82) is 0 Å². The van der Waals surface area contributed by atoms with Crippen LogP contribution < -0.4 is 5.32 Å². The van der Waals surface area contributed by atoms with Crippen LogP contribution >= 0.6 is 0 Å². The topological polar surface area (TPSA) is 15.3 Å². The quantitative estimate of drug-likeness (QED) is 0.901. The molecule has 0 bridgehead atoms. The first kappa shape index (κ1) is 16.5. The lowest BCUT2D eigenvalue weighted by Gasteiger charge is -2.45. The van der Waals surface area contributed by atoms with Crippen molar-refractivity contribution in [2.75, 3.05) is 13.1 Å². The van der Waals surface area contributed by atoms with E-state index in [1.54, 1.807) is 0 Å². The summed E-state index contributed by atoms with van der Waals surface area (Å²) in [6, 6.07) is 10.1. The zero-order chi connectivity index (χ0) is 15.5. The van der Waals surface area contributed by atoms with Gasteiger partial charge in [0, 0.05) is 31.7 Å². The maximum atomic E-state index is 3.78. The van der Waals surface area contributed by atoms with Crippen molar-refractivity contribution >= 4 is 0 Å². The summed E-state index contributed by atoms with van der Waals surface area (Å²) in [7, 11) is 0. The molecule has 1 aliphatic rings. The van der Waals surface area contributed by atoms with Gasteiger partial charge in [-0.25, -0.2) is 0 Å². The molecule has 0 aliphatic carbocycles. The largest absolute Gasteiger partial charge is 0.311 e. The van der Waals surface area contributed by atoms with E-state index in [2.05, 4.69) is 69.1 Å². The standard InChI is InChI=1S/C19H32N2/c1-6-9-17-12-20-18(19(3,4)5)14-21(17)13-16-11-8-7-10-15(16)2/h7-8,10-11,17-18,20H,6,9,12-14H2,1-5H3. The molecule has 0 amide bonds. The van der Waals surface area contributed by atoms with Crippen molar-refractivity contribution in [1.82, 2.24) is 10.2 Å². The molecule has 1 heterocycles. The van der Waals surface area contributed by atoms with Gasteiger partial charge < -0.3 is 5.32 Å². The molecule has 0 aromatic heterocycles. The van der Waals surface area contributed by atoms with Crippen molar-refractivity contribution in [2.45, 2.75) is 66.1 Å². The van der Waals surface area contributed by atoms with Gasteiger partial charge in [0.25, 0.3) is 0 Å². The smallest absolute Gasteiger partial charge is 0.0244 e. The van der Waals surface area contributed by atoms with Crippen molar-refractivity contribution in [3.63, 3.8) is 0 Å². The zero-order valence-corrected chi connectivity index (χ0v) is 14.4. The van der Waals surface area contributed by atoms with E-state index in [1.807, 2.05) is 0 Å². The third-order valence-corrected chi connectivity index (χ3v) is 4.84. The normalized spacial score (nSPS) is 24.2. The summed E-state index contributed by atoms with van der Waals surface area (Å²) in [6.07, 6.45) is 2.55. The number of rotatable bonds is 4. The minimum atomic E-state index is 0.321. The number of hydrogen-bond acceptors (Lipinski definition) is 2. The lowest BCUT2D eigenvalue weighted by Crippen LogP contribution is -2.59. The third-order valence-electron chi connectivity index (χ3n) is 4.84. The number of aryl methyl sites for hydroxylation is 1. The molecule has 2 atom stereocenters. The molecular formula is C19H32N2. The fourth-order valence-electron chi connectivity index (χ4n) is 3.25. The van der Waals surface area contributed by atoms with Gasteiger partial charge in [0.05, 0.1) is 0 Å². The first-order valence-electron chi connectivity index (χ1n) is 8.43. The second kappa shape index (κ2) is 6.93. The molecule has 1 aliphatic heterocycles. The summed E-state index contributed by atoms with van der Waals surface area (Å²) >= 11 is 0. The minimum Gasteiger partial charge on any atom is -0.311 e. The van der Waals surface area contributed by atoms with Crippen LogP contribution in [0.15, 0.2) is 24.3 Å². The van der Waals surface area contributed by atoms with Gasteiger partial charge in [0.1, 0.15) is 0 Å². The van der Waals surface area contributed by atoms with Gasteiger partial charge in [-0.2, -0.15) is 0 Å². The van der Waals surface area contributed by atoms with Crippen molar-refractivity contribution in [3.8, 4) is 0 Å². The second-order valence-corrected chi connectivity index (χ2v) is 7.63. The van der Waals surface area contributed by atoms with E-state index in [1.165, 1.54) is 24.0 Å². The van der Waals surface area contributed by atoms with E-state index < -0.39 is 0 Å². The van der Waals surface area contributed by atoms with Crippen LogP contribution in [-0.4, -0.2) is 30.1 Å². The average Bonchev–Trinajstić information content (AvgIpc) is 2.42. The summed E-state index contributed by atoms with van der Waals surface area (Å²) in [5, 5.41) is 3.78. The highest BCUT2D eigenvalue weighted by Crippen LogP contribution is 2.26. The Morgan fingerprint density at radius 3 is 2.57 bits per heavy atom. The summed E-state index contributed by atoms with van der Waals surface area (Å²) in [5.74, 6) is 0. The van der Waals surface area contributed by atoms with Crippen LogP contribution in [0.1, 0.15) is 51.7 Å². The van der Waals surface area contributed by atoms with Crippen molar-refractivity contribution in [2.24, 2.45) is 5.41 Å². The Bertz CT molecular complexity index is 447. The van der Waals surface area contributed by atoms with Crippen LogP contribution in [0.3, 0.4) is 0 Å². The highest BCUT2D eigenvalue weighted by atomic mass is 15.2. The van der Waals surface area contributed by atoms with Gasteiger partial charge in [0.15, 0.2) is 0 Å². The highest BCUT2D eigenvalue weighted by Gasteiger charge is 2.33. The molecular weight excluding hydrogens is 256 g/mol. The Morgan fingerprint density at radius 1 is 1.24 bits per heavy atom. The van der Waals surface area contributed by atoms with Gasteiger partial charge in [-0.3, -0.25) is 4.90 Å². The lowest BCUT2D eigenvalue weighted by atomic mass is 9.84. The van der Waals surface area contributed by atoms with Gasteiger partial charge in [-0.15, -0.1) is 0 Å². The molecule has 1 fully saturated rings. The molecule has 21 heavy (non-hydrogen) atoms. The van der Waals surface area contributed by atoms with Crippen LogP contribution in [0, 0.1) is 12.3 Å². The van der Waals surface area contributed by atoms with E-state index in [-0.39, 0.29) is 0 Å². The van der Waals surface area contributed by atoms with Crippen molar-refractivity contribution < 1.29 is 0 Å². The van der Waals surface area contributed by atoms with Gasteiger partial charge in [0.2, 0.25) is 0 Å². The summed E-state index contributed by atoms with van der Waals surface area (Å²) < 4.78 is 0. The van der Waals surface area contributed by atoms with E-state index in [9.17, 15) is 0 Å². The van der Waals surface area contributed by atoms with E-state index >= 15 is 0 Å². The maximum Gasteiger partial charge on any atom is 0.0244 e. The van der Waals surface area contributed by atoms with Gasteiger partial charge >= 0.3 is 0 Å². The fraction of sp³-hybridized carbons (Fsp3) is 0.684. The maximum absolute atomic E-state index is 3.78. The van der Waals surface area contributed by atoms with Crippen molar-refractivity contribution in [3.05, 3.63) is 35.4 Å². The number of nitrogens with zero attached hydrogens (tertiary/aromatic N) is 1. The monoisotopic (exact) mass is 288 g/mol. The molecule has 0 saturated carbocycles. The predicted octanol–water partition coefficient (Wildman–Crippen LogP) is 3.98. The predicted molar refractivity (Wildman–Crippen MR) is 91.5 cm³/mol. The summed E-state index contributed by atoms with van der Waals surface area (Å²) in [4.78, 5) is 2.71. The molecule has 2 heteroatoms. The number of hydrogen-bond donors (Lipinski definition) is 1. The summed E-state index contributed by atoms with van der Waals surface area (Å²) in [6.45, 7) is 14.9. The minimum absolute atomic E-state index is 0.321. The molecule has 1 aromatic carbocycles. The number of benzene rings is 1. The first-order chi connectivity index (χ1) is 9.91. The van der Waals surface area contributed by atoms with Crippen LogP contribution in [0.25, 0.3) is 0 Å². The second-order valence-electron chi connectivity index (χ2n) is 7.63. The molecule has 1 N–H and O–H groups in total. The lowest BCUT2D eigenvalue weighted by molar-refractivity contribution is 0.0747. The van der Waals surface area contributed by atoms with Gasteiger partial charge in [-0.05, 0) is 29.9 Å². The number of piperazine rings is 1. The Labute approximate surface area is 130 Å². The molecule has 1 saturated heterocycles. The molecule has 0 spiro atoms. The fourth-order valence-corrected chi connectivity index (χ4v) is 3.25. The van der Waals surface area contributed by atoms with Crippen LogP contribution in [0.2, 0.25) is 0 Å². The van der Waals surface area contributed by atoms with E-state index in [4.69, 9.17) is 0 Å².